The van der Waals surface area contributed by atoms with E-state index in [-0.39, 0.29) is 11.8 Å². The Kier molecular flexibility index (Phi) is 5.06. The standard InChI is InChI=1S/C20H21N3O/c1-2-19(17-9-5-3-6-10-17)20(24)21-13-16-14-22-23(15-16)18-11-7-4-8-12-18/h3-12,14-15,19H,2,13H2,1H3,(H,21,24). The highest BCUT2D eigenvalue weighted by Crippen LogP contribution is 2.19. The summed E-state index contributed by atoms with van der Waals surface area (Å²) >= 11 is 0. The largest absolute Gasteiger partial charge is 0.351 e. The van der Waals surface area contributed by atoms with Crippen LogP contribution in [0.2, 0.25) is 0 Å². The first-order valence-electron chi connectivity index (χ1n) is 8.19. The summed E-state index contributed by atoms with van der Waals surface area (Å²) in [5.41, 5.74) is 3.04. The Hall–Kier alpha value is -2.88. The van der Waals surface area contributed by atoms with E-state index in [0.29, 0.717) is 6.54 Å². The molecule has 3 aromatic rings. The lowest BCUT2D eigenvalue weighted by Gasteiger charge is -2.15. The van der Waals surface area contributed by atoms with E-state index in [1.165, 1.54) is 0 Å². The molecule has 1 N–H and O–H groups in total. The first kappa shape index (κ1) is 16.0. The van der Waals surface area contributed by atoms with Gasteiger partial charge < -0.3 is 5.32 Å². The molecule has 0 spiro atoms. The normalized spacial score (nSPS) is 11.9. The molecular formula is C20H21N3O. The minimum atomic E-state index is -0.115. The molecule has 1 heterocycles. The molecule has 122 valence electrons. The van der Waals surface area contributed by atoms with Crippen LogP contribution in [0.15, 0.2) is 73.1 Å². The van der Waals surface area contributed by atoms with Gasteiger partial charge in [-0.3, -0.25) is 4.79 Å². The molecule has 0 saturated carbocycles. The van der Waals surface area contributed by atoms with Gasteiger partial charge in [0.15, 0.2) is 0 Å². The Morgan fingerprint density at radius 1 is 1.08 bits per heavy atom. The number of rotatable bonds is 6. The average molecular weight is 319 g/mol. The molecule has 2 aromatic carbocycles. The number of benzene rings is 2. The lowest BCUT2D eigenvalue weighted by atomic mass is 9.95. The van der Waals surface area contributed by atoms with Gasteiger partial charge in [-0.05, 0) is 24.1 Å². The third-order valence-corrected chi connectivity index (χ3v) is 4.05. The van der Waals surface area contributed by atoms with E-state index in [2.05, 4.69) is 10.4 Å². The van der Waals surface area contributed by atoms with Crippen molar-refractivity contribution in [2.75, 3.05) is 0 Å². The van der Waals surface area contributed by atoms with Gasteiger partial charge in [0, 0.05) is 18.3 Å². The topological polar surface area (TPSA) is 46.9 Å². The second kappa shape index (κ2) is 7.59. The second-order valence-corrected chi connectivity index (χ2v) is 5.72. The first-order chi connectivity index (χ1) is 11.8. The smallest absolute Gasteiger partial charge is 0.227 e. The summed E-state index contributed by atoms with van der Waals surface area (Å²) in [4.78, 5) is 12.5. The van der Waals surface area contributed by atoms with E-state index in [1.54, 1.807) is 6.20 Å². The lowest BCUT2D eigenvalue weighted by Crippen LogP contribution is -2.28. The summed E-state index contributed by atoms with van der Waals surface area (Å²) in [6.07, 6.45) is 4.51. The molecule has 1 aromatic heterocycles. The third-order valence-electron chi connectivity index (χ3n) is 4.05. The maximum atomic E-state index is 12.5. The number of aromatic nitrogens is 2. The van der Waals surface area contributed by atoms with Crippen molar-refractivity contribution in [3.63, 3.8) is 0 Å². The SMILES string of the molecule is CCC(C(=O)NCc1cnn(-c2ccccc2)c1)c1ccccc1. The Labute approximate surface area is 142 Å². The summed E-state index contributed by atoms with van der Waals surface area (Å²) < 4.78 is 1.82. The lowest BCUT2D eigenvalue weighted by molar-refractivity contribution is -0.122. The molecule has 0 aliphatic heterocycles. The van der Waals surface area contributed by atoms with Crippen molar-refractivity contribution in [2.45, 2.75) is 25.8 Å². The molecule has 0 bridgehead atoms. The van der Waals surface area contributed by atoms with E-state index in [9.17, 15) is 4.79 Å². The first-order valence-corrected chi connectivity index (χ1v) is 8.19. The minimum absolute atomic E-state index is 0.0520. The molecule has 0 saturated heterocycles. The highest BCUT2D eigenvalue weighted by Gasteiger charge is 2.18. The second-order valence-electron chi connectivity index (χ2n) is 5.72. The van der Waals surface area contributed by atoms with Crippen LogP contribution in [0.3, 0.4) is 0 Å². The van der Waals surface area contributed by atoms with Crippen molar-refractivity contribution in [3.05, 3.63) is 84.2 Å². The van der Waals surface area contributed by atoms with E-state index >= 15 is 0 Å². The summed E-state index contributed by atoms with van der Waals surface area (Å²) in [5.74, 6) is -0.0634. The highest BCUT2D eigenvalue weighted by molar-refractivity contribution is 5.83. The maximum absolute atomic E-state index is 12.5. The van der Waals surface area contributed by atoms with Crippen LogP contribution in [-0.2, 0) is 11.3 Å². The average Bonchev–Trinajstić information content (AvgIpc) is 3.11. The summed E-state index contributed by atoms with van der Waals surface area (Å²) in [6.45, 7) is 2.51. The molecule has 0 aliphatic carbocycles. The molecule has 1 atom stereocenters. The molecule has 1 unspecified atom stereocenters. The fraction of sp³-hybridized carbons (Fsp3) is 0.200. The molecule has 3 rings (SSSR count). The molecule has 4 nitrogen and oxygen atoms in total. The van der Waals surface area contributed by atoms with E-state index in [4.69, 9.17) is 0 Å². The van der Waals surface area contributed by atoms with Crippen molar-refractivity contribution in [2.24, 2.45) is 0 Å². The van der Waals surface area contributed by atoms with Gasteiger partial charge in [0.25, 0.3) is 0 Å². The zero-order valence-electron chi connectivity index (χ0n) is 13.7. The van der Waals surface area contributed by atoms with Crippen LogP contribution in [0.25, 0.3) is 5.69 Å². The van der Waals surface area contributed by atoms with Gasteiger partial charge in [-0.15, -0.1) is 0 Å². The molecular weight excluding hydrogens is 298 g/mol. The van der Waals surface area contributed by atoms with Crippen LogP contribution in [0.4, 0.5) is 0 Å². The van der Waals surface area contributed by atoms with E-state index in [0.717, 1.165) is 23.2 Å². The van der Waals surface area contributed by atoms with Crippen LogP contribution < -0.4 is 5.32 Å². The fourth-order valence-electron chi connectivity index (χ4n) is 2.74. The Morgan fingerprint density at radius 2 is 1.75 bits per heavy atom. The zero-order valence-corrected chi connectivity index (χ0v) is 13.7. The Bertz CT molecular complexity index is 781. The predicted molar refractivity (Wildman–Crippen MR) is 94.9 cm³/mol. The molecule has 0 aliphatic rings. The van der Waals surface area contributed by atoms with Gasteiger partial charge in [-0.1, -0.05) is 55.5 Å². The molecule has 0 fully saturated rings. The number of carbonyl (C=O) groups excluding carboxylic acids is 1. The maximum Gasteiger partial charge on any atom is 0.227 e. The number of hydrogen-bond acceptors (Lipinski definition) is 2. The van der Waals surface area contributed by atoms with Crippen molar-refractivity contribution in [1.82, 2.24) is 15.1 Å². The quantitative estimate of drug-likeness (QED) is 0.753. The number of nitrogens with zero attached hydrogens (tertiary/aromatic N) is 2. The van der Waals surface area contributed by atoms with Gasteiger partial charge in [0.1, 0.15) is 0 Å². The van der Waals surface area contributed by atoms with E-state index in [1.807, 2.05) is 78.5 Å². The highest BCUT2D eigenvalue weighted by atomic mass is 16.1. The minimum Gasteiger partial charge on any atom is -0.351 e. The van der Waals surface area contributed by atoms with Crippen LogP contribution in [0, 0.1) is 0 Å². The van der Waals surface area contributed by atoms with Gasteiger partial charge in [-0.2, -0.15) is 5.10 Å². The van der Waals surface area contributed by atoms with Crippen LogP contribution in [0.1, 0.15) is 30.4 Å². The molecule has 4 heteroatoms. The van der Waals surface area contributed by atoms with Gasteiger partial charge in [0.05, 0.1) is 17.8 Å². The molecule has 0 radical (unpaired) electrons. The summed E-state index contributed by atoms with van der Waals surface area (Å²) in [6, 6.07) is 19.8. The number of hydrogen-bond donors (Lipinski definition) is 1. The van der Waals surface area contributed by atoms with E-state index < -0.39 is 0 Å². The number of amides is 1. The monoisotopic (exact) mass is 319 g/mol. The predicted octanol–water partition coefficient (Wildman–Crippen LogP) is 3.68. The van der Waals surface area contributed by atoms with Crippen molar-refractivity contribution < 1.29 is 4.79 Å². The molecule has 24 heavy (non-hydrogen) atoms. The van der Waals surface area contributed by atoms with Crippen molar-refractivity contribution in [1.29, 1.82) is 0 Å². The third kappa shape index (κ3) is 3.71. The Morgan fingerprint density at radius 3 is 2.42 bits per heavy atom. The van der Waals surface area contributed by atoms with Crippen LogP contribution in [0.5, 0.6) is 0 Å². The molecule has 1 amide bonds. The van der Waals surface area contributed by atoms with Crippen LogP contribution in [-0.4, -0.2) is 15.7 Å². The van der Waals surface area contributed by atoms with Crippen molar-refractivity contribution in [3.8, 4) is 5.69 Å². The Balaban J connectivity index is 1.63. The number of carbonyl (C=O) groups is 1. The van der Waals surface area contributed by atoms with Gasteiger partial charge in [0.2, 0.25) is 5.91 Å². The summed E-state index contributed by atoms with van der Waals surface area (Å²) in [5, 5.41) is 7.37. The number of nitrogens with one attached hydrogen (secondary N) is 1. The fourth-order valence-corrected chi connectivity index (χ4v) is 2.74. The van der Waals surface area contributed by atoms with Gasteiger partial charge in [-0.25, -0.2) is 4.68 Å². The zero-order chi connectivity index (χ0) is 16.8. The van der Waals surface area contributed by atoms with Crippen LogP contribution >= 0.6 is 0 Å². The number of para-hydroxylation sites is 1. The van der Waals surface area contributed by atoms with Gasteiger partial charge >= 0.3 is 0 Å². The van der Waals surface area contributed by atoms with Crippen molar-refractivity contribution >= 4 is 5.91 Å². The summed E-state index contributed by atoms with van der Waals surface area (Å²) in [7, 11) is 0.